The Balaban J connectivity index is 0.743. The average Bonchev–Trinajstić information content (AvgIpc) is 3.96. The standard InChI is InChI=1S/C49H66F2N10O4/c1-52-49(63)59-24-16-44-43(32-59)48(60-17-6-7-37-27-41(38-29-53-55(2)31-38)42(47(50)51)28-45(37)60)54-61(44)40-14-22-58(23-15-40)46(62)34-65-26-25-64-33-36-10-18-56(19-11-36)30-35-12-20-57(21-13-35)39-8-4-3-5-9-39/h3-5,8-9,27-29,31,35-36,40,47H,6-7,10-26,30,32-34H2,1-2H3,(H,52,63). The number of carbonyl (C=O) groups excluding carboxylic acids is 2. The van der Waals surface area contributed by atoms with E-state index in [2.05, 4.69) is 60.1 Å². The smallest absolute Gasteiger partial charge is 0.317 e. The van der Waals surface area contributed by atoms with E-state index in [0.29, 0.717) is 69.4 Å². The number of carbonyl (C=O) groups is 2. The zero-order valence-corrected chi connectivity index (χ0v) is 38.2. The Labute approximate surface area is 381 Å². The van der Waals surface area contributed by atoms with Gasteiger partial charge >= 0.3 is 6.03 Å². The van der Waals surface area contributed by atoms with Gasteiger partial charge in [0, 0.05) is 113 Å². The Bertz CT molecular complexity index is 2230. The summed E-state index contributed by atoms with van der Waals surface area (Å²) in [5.41, 5.74) is 6.21. The molecule has 3 amide bonds. The molecule has 0 saturated carbocycles. The predicted molar refractivity (Wildman–Crippen MR) is 247 cm³/mol. The number of ether oxygens (including phenoxy) is 2. The van der Waals surface area contributed by atoms with Gasteiger partial charge in [0.15, 0.2) is 5.82 Å². The van der Waals surface area contributed by atoms with Crippen LogP contribution in [0.5, 0.6) is 0 Å². The maximum absolute atomic E-state index is 14.7. The van der Waals surface area contributed by atoms with Crippen molar-refractivity contribution in [2.45, 2.75) is 76.8 Å². The molecule has 65 heavy (non-hydrogen) atoms. The van der Waals surface area contributed by atoms with E-state index in [1.807, 2.05) is 11.0 Å². The lowest BCUT2D eigenvalue weighted by atomic mass is 9.92. The van der Waals surface area contributed by atoms with E-state index in [4.69, 9.17) is 14.6 Å². The van der Waals surface area contributed by atoms with E-state index in [1.165, 1.54) is 25.1 Å². The molecule has 0 bridgehead atoms. The van der Waals surface area contributed by atoms with Gasteiger partial charge in [0.2, 0.25) is 5.91 Å². The summed E-state index contributed by atoms with van der Waals surface area (Å²) >= 11 is 0. The number of urea groups is 1. The second kappa shape index (κ2) is 20.6. The number of fused-ring (bicyclic) bond motifs is 2. The van der Waals surface area contributed by atoms with Gasteiger partial charge in [-0.05, 0) is 112 Å². The molecule has 0 aliphatic carbocycles. The third-order valence-electron chi connectivity index (χ3n) is 14.5. The van der Waals surface area contributed by atoms with Gasteiger partial charge in [0.1, 0.15) is 6.61 Å². The number of nitrogens with zero attached hydrogens (tertiary/aromatic N) is 9. The van der Waals surface area contributed by atoms with Gasteiger partial charge < -0.3 is 39.3 Å². The first kappa shape index (κ1) is 45.1. The van der Waals surface area contributed by atoms with Crippen molar-refractivity contribution in [1.82, 2.24) is 39.6 Å². The largest absolute Gasteiger partial charge is 0.379 e. The van der Waals surface area contributed by atoms with Crippen LogP contribution >= 0.6 is 0 Å². The molecule has 5 aliphatic heterocycles. The molecule has 9 rings (SSSR count). The highest BCUT2D eigenvalue weighted by Gasteiger charge is 2.36. The second-order valence-corrected chi connectivity index (χ2v) is 18.7. The van der Waals surface area contributed by atoms with Crippen molar-refractivity contribution in [3.05, 3.63) is 77.2 Å². The Kier molecular flexibility index (Phi) is 14.3. The maximum atomic E-state index is 14.7. The highest BCUT2D eigenvalue weighted by atomic mass is 19.3. The van der Waals surface area contributed by atoms with E-state index in [0.717, 1.165) is 106 Å². The molecular weight excluding hydrogens is 831 g/mol. The van der Waals surface area contributed by atoms with Crippen LogP contribution in [0, 0.1) is 11.8 Å². The van der Waals surface area contributed by atoms with Crippen LogP contribution in [0.4, 0.5) is 30.8 Å². The van der Waals surface area contributed by atoms with Gasteiger partial charge in [0.05, 0.1) is 32.0 Å². The number of anilines is 3. The van der Waals surface area contributed by atoms with Crippen LogP contribution in [0.15, 0.2) is 54.9 Å². The monoisotopic (exact) mass is 897 g/mol. The molecule has 0 unspecified atom stereocenters. The number of hydrogen-bond donors (Lipinski definition) is 1. The molecule has 7 heterocycles. The highest BCUT2D eigenvalue weighted by Crippen LogP contribution is 2.44. The number of rotatable bonds is 14. The first-order valence-electron chi connectivity index (χ1n) is 24.0. The van der Waals surface area contributed by atoms with Gasteiger partial charge in [-0.3, -0.25) is 14.2 Å². The van der Waals surface area contributed by atoms with Crippen LogP contribution in [-0.2, 0) is 40.7 Å². The number of nitrogens with one attached hydrogen (secondary N) is 1. The quantitative estimate of drug-likeness (QED) is 0.136. The van der Waals surface area contributed by atoms with Gasteiger partial charge in [-0.1, -0.05) is 18.2 Å². The molecular formula is C49H66F2N10O4. The zero-order chi connectivity index (χ0) is 44.9. The number of aromatic nitrogens is 4. The normalized spacial score (nSPS) is 19.2. The van der Waals surface area contributed by atoms with Crippen molar-refractivity contribution < 1.29 is 27.8 Å². The van der Waals surface area contributed by atoms with Crippen LogP contribution < -0.4 is 15.1 Å². The molecule has 4 aromatic rings. The summed E-state index contributed by atoms with van der Waals surface area (Å²) in [6, 6.07) is 14.2. The Morgan fingerprint density at radius 1 is 0.862 bits per heavy atom. The lowest BCUT2D eigenvalue weighted by Gasteiger charge is -2.38. The summed E-state index contributed by atoms with van der Waals surface area (Å²) in [5.74, 6) is 2.05. The molecule has 350 valence electrons. The van der Waals surface area contributed by atoms with Crippen molar-refractivity contribution in [2.24, 2.45) is 18.9 Å². The minimum atomic E-state index is -2.68. The number of benzene rings is 2. The molecule has 16 heteroatoms. The third-order valence-corrected chi connectivity index (χ3v) is 14.5. The molecule has 0 radical (unpaired) electrons. The minimum Gasteiger partial charge on any atom is -0.379 e. The molecule has 0 spiro atoms. The number of para-hydroxylation sites is 1. The SMILES string of the molecule is CNC(=O)N1CCc2c(c(N3CCCc4cc(-c5cnn(C)c5)c(C(F)F)cc43)nn2C2CCN(C(=O)COCCOCC3CCN(CC4CCN(c5ccccc5)CC4)CC3)CC2)C1. The van der Waals surface area contributed by atoms with Crippen LogP contribution in [0.3, 0.4) is 0 Å². The van der Waals surface area contributed by atoms with Crippen molar-refractivity contribution in [3.8, 4) is 11.1 Å². The minimum absolute atomic E-state index is 0.0172. The molecule has 1 N–H and O–H groups in total. The van der Waals surface area contributed by atoms with Gasteiger partial charge in [-0.2, -0.15) is 10.2 Å². The van der Waals surface area contributed by atoms with Gasteiger partial charge in [-0.15, -0.1) is 0 Å². The topological polar surface area (TPSA) is 116 Å². The number of aryl methyl sites for hydroxylation is 2. The van der Waals surface area contributed by atoms with E-state index < -0.39 is 6.43 Å². The molecule has 0 atom stereocenters. The fraction of sp³-hybridized carbons (Fsp3) is 0.592. The van der Waals surface area contributed by atoms with E-state index in [9.17, 15) is 18.4 Å². The average molecular weight is 897 g/mol. The fourth-order valence-corrected chi connectivity index (χ4v) is 10.8. The second-order valence-electron chi connectivity index (χ2n) is 18.7. The molecule has 14 nitrogen and oxygen atoms in total. The number of likely N-dealkylation sites (tertiary alicyclic amines) is 2. The zero-order valence-electron chi connectivity index (χ0n) is 38.2. The number of hydrogen-bond acceptors (Lipinski definition) is 9. The van der Waals surface area contributed by atoms with Crippen molar-refractivity contribution in [3.63, 3.8) is 0 Å². The third kappa shape index (κ3) is 10.3. The van der Waals surface area contributed by atoms with Crippen LogP contribution in [0.25, 0.3) is 11.1 Å². The number of piperidine rings is 3. The Morgan fingerprint density at radius 2 is 1.62 bits per heavy atom. The summed E-state index contributed by atoms with van der Waals surface area (Å²) in [6.07, 6.45) is 9.25. The summed E-state index contributed by atoms with van der Waals surface area (Å²) in [5, 5.41) is 12.3. The number of halogens is 2. The first-order valence-corrected chi connectivity index (χ1v) is 24.0. The summed E-state index contributed by atoms with van der Waals surface area (Å²) in [7, 11) is 3.41. The predicted octanol–water partition coefficient (Wildman–Crippen LogP) is 6.83. The Morgan fingerprint density at radius 3 is 2.34 bits per heavy atom. The summed E-state index contributed by atoms with van der Waals surface area (Å²) < 4.78 is 45.1. The van der Waals surface area contributed by atoms with Crippen LogP contribution in [0.2, 0.25) is 0 Å². The van der Waals surface area contributed by atoms with Crippen molar-refractivity contribution in [1.29, 1.82) is 0 Å². The van der Waals surface area contributed by atoms with Gasteiger partial charge in [0.25, 0.3) is 6.43 Å². The number of alkyl halides is 2. The maximum Gasteiger partial charge on any atom is 0.317 e. The van der Waals surface area contributed by atoms with E-state index in [-0.39, 0.29) is 30.2 Å². The van der Waals surface area contributed by atoms with E-state index in [1.54, 1.807) is 42.1 Å². The lowest BCUT2D eigenvalue weighted by molar-refractivity contribution is -0.138. The summed E-state index contributed by atoms with van der Waals surface area (Å²) in [6.45, 7) is 10.1. The number of amides is 3. The van der Waals surface area contributed by atoms with Gasteiger partial charge in [-0.25, -0.2) is 13.6 Å². The summed E-state index contributed by atoms with van der Waals surface area (Å²) in [4.78, 5) is 37.1. The molecule has 3 saturated heterocycles. The van der Waals surface area contributed by atoms with Crippen molar-refractivity contribution >= 4 is 29.1 Å². The van der Waals surface area contributed by atoms with Crippen LogP contribution in [0.1, 0.15) is 79.8 Å². The molecule has 2 aromatic carbocycles. The molecule has 3 fully saturated rings. The Hall–Kier alpha value is -5.06. The molecule has 2 aromatic heterocycles. The lowest BCUT2D eigenvalue weighted by Crippen LogP contribution is -2.43. The van der Waals surface area contributed by atoms with E-state index >= 15 is 0 Å². The highest BCUT2D eigenvalue weighted by molar-refractivity contribution is 5.79. The first-order chi connectivity index (χ1) is 31.7. The van der Waals surface area contributed by atoms with Crippen molar-refractivity contribution in [2.75, 3.05) is 102 Å². The molecule has 5 aliphatic rings. The fourth-order valence-electron chi connectivity index (χ4n) is 10.8. The van der Waals surface area contributed by atoms with Crippen LogP contribution in [-0.4, -0.2) is 139 Å².